The van der Waals surface area contributed by atoms with Crippen LogP contribution in [0, 0.1) is 21.8 Å². The maximum Gasteiger partial charge on any atom is 0.211 e. The molecule has 154 valence electrons. The van der Waals surface area contributed by atoms with E-state index < -0.39 is 11.8 Å². The Bertz CT molecular complexity index is 974. The van der Waals surface area contributed by atoms with Crippen molar-refractivity contribution in [3.8, 4) is 0 Å². The summed E-state index contributed by atoms with van der Waals surface area (Å²) in [5.41, 5.74) is 2.08. The van der Waals surface area contributed by atoms with Gasteiger partial charge in [0.2, 0.25) is 6.54 Å². The van der Waals surface area contributed by atoms with Crippen molar-refractivity contribution in [2.75, 3.05) is 6.54 Å². The molecule has 0 spiro atoms. The fourth-order valence-corrected chi connectivity index (χ4v) is 4.13. The monoisotopic (exact) mass is 405 g/mol. The molecule has 30 heavy (non-hydrogen) atoms. The lowest BCUT2D eigenvalue weighted by atomic mass is 9.70. The van der Waals surface area contributed by atoms with Crippen LogP contribution in [0.25, 0.3) is 0 Å². The summed E-state index contributed by atoms with van der Waals surface area (Å²) in [5.74, 6) is -2.05. The predicted molar refractivity (Wildman–Crippen MR) is 115 cm³/mol. The average molecular weight is 405 g/mol. The first-order valence-electron chi connectivity index (χ1n) is 10.0. The minimum atomic E-state index is -0.657. The molecule has 0 fully saturated rings. The van der Waals surface area contributed by atoms with Gasteiger partial charge in [-0.2, -0.15) is 0 Å². The molecule has 3 atom stereocenters. The zero-order valence-corrected chi connectivity index (χ0v) is 16.8. The maximum atomic E-state index is 13.7. The van der Waals surface area contributed by atoms with E-state index in [1.54, 1.807) is 36.4 Å². The summed E-state index contributed by atoms with van der Waals surface area (Å²) in [6.07, 6.45) is 0.593. The summed E-state index contributed by atoms with van der Waals surface area (Å²) >= 11 is 0. The van der Waals surface area contributed by atoms with Crippen LogP contribution in [0.2, 0.25) is 0 Å². The minimum absolute atomic E-state index is 0.137. The number of hydrogen-bond acceptors (Lipinski definition) is 3. The number of Topliss-reactive ketones (excluding diaryl/α,β-unsaturated/α-hetero) is 1. The van der Waals surface area contributed by atoms with Gasteiger partial charge in [0.25, 0.3) is 0 Å². The lowest BCUT2D eigenvalue weighted by Crippen LogP contribution is -2.32. The Labute approximate surface area is 175 Å². The number of hydrogen-bond donors (Lipinski definition) is 0. The summed E-state index contributed by atoms with van der Waals surface area (Å²) in [7, 11) is 0. The van der Waals surface area contributed by atoms with Gasteiger partial charge >= 0.3 is 0 Å². The smallest absolute Gasteiger partial charge is 0.211 e. The standard InChI is InChI=1S/C25H24FNO3/c1-2-22(19-13-15-21(26)16-14-19)24(25(28)20-11-7-4-8-12-20)23(17-27(29)30)18-9-5-3-6-10-18/h3-16,22-24H,2,17H2,1H3/t22-,23+,24+/m0/s1. The molecule has 0 aromatic heterocycles. The van der Waals surface area contributed by atoms with E-state index in [0.29, 0.717) is 12.0 Å². The predicted octanol–water partition coefficient (Wildman–Crippen LogP) is 5.88. The minimum Gasteiger partial charge on any atom is -0.294 e. The molecule has 0 N–H and O–H groups in total. The van der Waals surface area contributed by atoms with Crippen molar-refractivity contribution in [2.24, 2.45) is 5.92 Å². The van der Waals surface area contributed by atoms with Crippen LogP contribution in [-0.4, -0.2) is 17.3 Å². The zero-order valence-electron chi connectivity index (χ0n) is 16.8. The SMILES string of the molecule is CC[C@@H](c1ccc(F)cc1)[C@@H](C(=O)c1ccccc1)[C@H](C[N+](=O)[O-])c1ccccc1. The highest BCUT2D eigenvalue weighted by Crippen LogP contribution is 2.40. The van der Waals surface area contributed by atoms with E-state index in [0.717, 1.165) is 11.1 Å². The molecule has 0 bridgehead atoms. The van der Waals surface area contributed by atoms with Crippen molar-refractivity contribution < 1.29 is 14.1 Å². The number of ketones is 1. The molecule has 3 aromatic carbocycles. The highest BCUT2D eigenvalue weighted by Gasteiger charge is 2.39. The van der Waals surface area contributed by atoms with Crippen molar-refractivity contribution >= 4 is 5.78 Å². The average Bonchev–Trinajstić information content (AvgIpc) is 2.77. The summed E-state index contributed by atoms with van der Waals surface area (Å²) in [6.45, 7) is 1.60. The number of benzene rings is 3. The van der Waals surface area contributed by atoms with Gasteiger partial charge in [0.1, 0.15) is 5.82 Å². The Morgan fingerprint density at radius 2 is 1.40 bits per heavy atom. The fourth-order valence-electron chi connectivity index (χ4n) is 4.13. The largest absolute Gasteiger partial charge is 0.294 e. The Hall–Kier alpha value is -3.34. The Morgan fingerprint density at radius 1 is 0.867 bits per heavy atom. The van der Waals surface area contributed by atoms with Gasteiger partial charge in [0.15, 0.2) is 5.78 Å². The van der Waals surface area contributed by atoms with Crippen LogP contribution in [0.4, 0.5) is 4.39 Å². The number of halogens is 1. The van der Waals surface area contributed by atoms with E-state index in [-0.39, 0.29) is 29.0 Å². The summed E-state index contributed by atoms with van der Waals surface area (Å²) in [6, 6.07) is 24.1. The van der Waals surface area contributed by atoms with Gasteiger partial charge < -0.3 is 0 Å². The molecule has 3 aromatic rings. The first-order chi connectivity index (χ1) is 14.5. The van der Waals surface area contributed by atoms with Crippen LogP contribution in [0.15, 0.2) is 84.9 Å². The molecule has 5 heteroatoms. The molecule has 0 aliphatic rings. The topological polar surface area (TPSA) is 60.2 Å². The number of nitrogens with zero attached hydrogens (tertiary/aromatic N) is 1. The number of carbonyl (C=O) groups excluding carboxylic acids is 1. The van der Waals surface area contributed by atoms with Crippen molar-refractivity contribution in [3.63, 3.8) is 0 Å². The quantitative estimate of drug-likeness (QED) is 0.254. The Balaban J connectivity index is 2.14. The highest BCUT2D eigenvalue weighted by atomic mass is 19.1. The second-order valence-corrected chi connectivity index (χ2v) is 7.35. The maximum absolute atomic E-state index is 13.7. The number of nitro groups is 1. The second-order valence-electron chi connectivity index (χ2n) is 7.35. The third kappa shape index (κ3) is 4.98. The van der Waals surface area contributed by atoms with E-state index in [1.165, 1.54) is 12.1 Å². The van der Waals surface area contributed by atoms with E-state index >= 15 is 0 Å². The third-order valence-electron chi connectivity index (χ3n) is 5.54. The van der Waals surface area contributed by atoms with Crippen molar-refractivity contribution in [3.05, 3.63) is 118 Å². The second kappa shape index (κ2) is 9.92. The van der Waals surface area contributed by atoms with Gasteiger partial charge in [0.05, 0.1) is 5.92 Å². The van der Waals surface area contributed by atoms with Crippen LogP contribution in [-0.2, 0) is 0 Å². The van der Waals surface area contributed by atoms with Crippen LogP contribution >= 0.6 is 0 Å². The van der Waals surface area contributed by atoms with E-state index in [2.05, 4.69) is 0 Å². The van der Waals surface area contributed by atoms with Crippen LogP contribution < -0.4 is 0 Å². The molecule has 0 aliphatic carbocycles. The lowest BCUT2D eigenvalue weighted by Gasteiger charge is -2.31. The van der Waals surface area contributed by atoms with Gasteiger partial charge in [0, 0.05) is 16.4 Å². The Morgan fingerprint density at radius 3 is 1.93 bits per heavy atom. The van der Waals surface area contributed by atoms with Crippen LogP contribution in [0.1, 0.15) is 46.7 Å². The molecule has 0 aliphatic heterocycles. The van der Waals surface area contributed by atoms with Gasteiger partial charge in [-0.1, -0.05) is 79.7 Å². The van der Waals surface area contributed by atoms with Crippen molar-refractivity contribution in [1.29, 1.82) is 0 Å². The molecular formula is C25H24FNO3. The third-order valence-corrected chi connectivity index (χ3v) is 5.54. The van der Waals surface area contributed by atoms with E-state index in [1.807, 2.05) is 43.3 Å². The van der Waals surface area contributed by atoms with Gasteiger partial charge in [-0.05, 0) is 35.6 Å². The fraction of sp³-hybridized carbons (Fsp3) is 0.240. The molecule has 0 unspecified atom stereocenters. The zero-order chi connectivity index (χ0) is 21.5. The van der Waals surface area contributed by atoms with Crippen LogP contribution in [0.5, 0.6) is 0 Å². The van der Waals surface area contributed by atoms with Crippen molar-refractivity contribution in [2.45, 2.75) is 25.2 Å². The van der Waals surface area contributed by atoms with Crippen molar-refractivity contribution in [1.82, 2.24) is 0 Å². The first-order valence-corrected chi connectivity index (χ1v) is 10.0. The summed E-state index contributed by atoms with van der Waals surface area (Å²) < 4.78 is 13.5. The molecule has 0 radical (unpaired) electrons. The van der Waals surface area contributed by atoms with Crippen LogP contribution in [0.3, 0.4) is 0 Å². The van der Waals surface area contributed by atoms with E-state index in [4.69, 9.17) is 0 Å². The number of rotatable bonds is 9. The molecule has 0 saturated heterocycles. The highest BCUT2D eigenvalue weighted by molar-refractivity contribution is 5.99. The molecule has 0 amide bonds. The van der Waals surface area contributed by atoms with E-state index in [9.17, 15) is 19.3 Å². The molecule has 0 heterocycles. The first kappa shape index (κ1) is 21.4. The summed E-state index contributed by atoms with van der Waals surface area (Å²) in [5, 5.41) is 11.6. The number of carbonyl (C=O) groups is 1. The molecule has 4 nitrogen and oxygen atoms in total. The normalized spacial score (nSPS) is 13.9. The molecule has 3 rings (SSSR count). The summed E-state index contributed by atoms with van der Waals surface area (Å²) in [4.78, 5) is 24.9. The Kier molecular flexibility index (Phi) is 7.07. The molecular weight excluding hydrogens is 381 g/mol. The van der Waals surface area contributed by atoms with Gasteiger partial charge in [-0.25, -0.2) is 4.39 Å². The lowest BCUT2D eigenvalue weighted by molar-refractivity contribution is -0.484. The molecule has 0 saturated carbocycles. The van der Waals surface area contributed by atoms with Gasteiger partial charge in [-0.3, -0.25) is 14.9 Å². The van der Waals surface area contributed by atoms with Gasteiger partial charge in [-0.15, -0.1) is 0 Å².